The fourth-order valence-corrected chi connectivity index (χ4v) is 2.07. The Kier molecular flexibility index (Phi) is 6.06. The highest BCUT2D eigenvalue weighted by Crippen LogP contribution is 2.22. The standard InChI is InChI=1S/C13H16BrFN2O3/c1-9(2)16(7-3-6-14)13(18)11-5-4-10(15)8-12(11)17(19)20/h4-5,8-9H,3,6-7H2,1-2H3. The summed E-state index contributed by atoms with van der Waals surface area (Å²) in [6.45, 7) is 4.15. The van der Waals surface area contributed by atoms with Crippen molar-refractivity contribution in [1.82, 2.24) is 4.90 Å². The molecule has 0 fully saturated rings. The van der Waals surface area contributed by atoms with Crippen molar-refractivity contribution in [3.8, 4) is 0 Å². The second-order valence-electron chi connectivity index (χ2n) is 4.55. The van der Waals surface area contributed by atoms with Crippen molar-refractivity contribution in [1.29, 1.82) is 0 Å². The van der Waals surface area contributed by atoms with Crippen molar-refractivity contribution in [2.24, 2.45) is 0 Å². The Morgan fingerprint density at radius 1 is 1.50 bits per heavy atom. The van der Waals surface area contributed by atoms with Gasteiger partial charge in [-0.15, -0.1) is 0 Å². The monoisotopic (exact) mass is 346 g/mol. The zero-order valence-electron chi connectivity index (χ0n) is 11.3. The molecular weight excluding hydrogens is 331 g/mol. The highest BCUT2D eigenvalue weighted by molar-refractivity contribution is 9.09. The van der Waals surface area contributed by atoms with E-state index in [1.54, 1.807) is 4.90 Å². The molecule has 1 rings (SSSR count). The number of carbonyl (C=O) groups is 1. The molecule has 20 heavy (non-hydrogen) atoms. The van der Waals surface area contributed by atoms with Crippen LogP contribution < -0.4 is 0 Å². The Labute approximate surface area is 125 Å². The fraction of sp³-hybridized carbons (Fsp3) is 0.462. The predicted octanol–water partition coefficient (Wildman–Crippen LogP) is 3.37. The van der Waals surface area contributed by atoms with E-state index in [9.17, 15) is 19.3 Å². The molecule has 0 radical (unpaired) electrons. The fourth-order valence-electron chi connectivity index (χ4n) is 1.82. The summed E-state index contributed by atoms with van der Waals surface area (Å²) in [5, 5.41) is 11.7. The number of hydrogen-bond acceptors (Lipinski definition) is 3. The molecule has 0 unspecified atom stereocenters. The molecule has 0 heterocycles. The van der Waals surface area contributed by atoms with Gasteiger partial charge in [0.2, 0.25) is 0 Å². The maximum absolute atomic E-state index is 13.1. The lowest BCUT2D eigenvalue weighted by atomic mass is 10.1. The van der Waals surface area contributed by atoms with Crippen molar-refractivity contribution < 1.29 is 14.1 Å². The SMILES string of the molecule is CC(C)N(CCCBr)C(=O)c1ccc(F)cc1[N+](=O)[O-]. The second-order valence-corrected chi connectivity index (χ2v) is 5.35. The van der Waals surface area contributed by atoms with Crippen LogP contribution in [0.25, 0.3) is 0 Å². The molecule has 0 aliphatic rings. The number of alkyl halides is 1. The van der Waals surface area contributed by atoms with Gasteiger partial charge in [-0.05, 0) is 32.4 Å². The second kappa shape index (κ2) is 7.33. The van der Waals surface area contributed by atoms with Crippen LogP contribution >= 0.6 is 15.9 Å². The number of benzene rings is 1. The maximum Gasteiger partial charge on any atom is 0.285 e. The Bertz CT molecular complexity index is 508. The van der Waals surface area contributed by atoms with Crippen LogP contribution in [0.4, 0.5) is 10.1 Å². The predicted molar refractivity (Wildman–Crippen MR) is 77.6 cm³/mol. The zero-order valence-corrected chi connectivity index (χ0v) is 12.9. The van der Waals surface area contributed by atoms with E-state index in [1.807, 2.05) is 13.8 Å². The van der Waals surface area contributed by atoms with Crippen molar-refractivity contribution in [2.45, 2.75) is 26.3 Å². The van der Waals surface area contributed by atoms with Crippen LogP contribution in [-0.4, -0.2) is 33.6 Å². The van der Waals surface area contributed by atoms with Gasteiger partial charge in [0, 0.05) is 17.9 Å². The van der Waals surface area contributed by atoms with Crippen molar-refractivity contribution >= 4 is 27.5 Å². The molecule has 1 aromatic rings. The molecule has 110 valence electrons. The minimum absolute atomic E-state index is 0.0836. The molecule has 0 aromatic heterocycles. The average Bonchev–Trinajstić information content (AvgIpc) is 2.38. The van der Waals surface area contributed by atoms with Gasteiger partial charge >= 0.3 is 0 Å². The minimum Gasteiger partial charge on any atom is -0.336 e. The lowest BCUT2D eigenvalue weighted by Crippen LogP contribution is -2.38. The smallest absolute Gasteiger partial charge is 0.285 e. The molecule has 0 aliphatic heterocycles. The topological polar surface area (TPSA) is 63.5 Å². The number of nitrogens with zero attached hydrogens (tertiary/aromatic N) is 2. The van der Waals surface area contributed by atoms with Crippen LogP contribution in [-0.2, 0) is 0 Å². The number of nitro groups is 1. The molecule has 5 nitrogen and oxygen atoms in total. The van der Waals surface area contributed by atoms with Gasteiger partial charge in [-0.3, -0.25) is 14.9 Å². The summed E-state index contributed by atoms with van der Waals surface area (Å²) in [7, 11) is 0. The number of hydrogen-bond donors (Lipinski definition) is 0. The van der Waals surface area contributed by atoms with Crippen LogP contribution in [0.1, 0.15) is 30.6 Å². The molecule has 0 atom stereocenters. The summed E-state index contributed by atoms with van der Waals surface area (Å²) in [6, 6.07) is 2.91. The Balaban J connectivity index is 3.14. The molecular formula is C13H16BrFN2O3. The third-order valence-corrected chi connectivity index (χ3v) is 3.36. The average molecular weight is 347 g/mol. The first-order valence-electron chi connectivity index (χ1n) is 6.19. The van der Waals surface area contributed by atoms with E-state index < -0.39 is 22.3 Å². The normalized spacial score (nSPS) is 10.7. The largest absolute Gasteiger partial charge is 0.336 e. The lowest BCUT2D eigenvalue weighted by Gasteiger charge is -2.26. The maximum atomic E-state index is 13.1. The van der Waals surface area contributed by atoms with Gasteiger partial charge in [0.1, 0.15) is 11.4 Å². The summed E-state index contributed by atoms with van der Waals surface area (Å²) in [5.74, 6) is -1.18. The third kappa shape index (κ3) is 4.00. The van der Waals surface area contributed by atoms with E-state index in [2.05, 4.69) is 15.9 Å². The summed E-state index contributed by atoms with van der Waals surface area (Å²) in [6.07, 6.45) is 0.735. The Morgan fingerprint density at radius 3 is 2.65 bits per heavy atom. The van der Waals surface area contributed by atoms with Gasteiger partial charge in [-0.25, -0.2) is 4.39 Å². The van der Waals surface area contributed by atoms with E-state index >= 15 is 0 Å². The molecule has 1 aromatic carbocycles. The quantitative estimate of drug-likeness (QED) is 0.450. The van der Waals surface area contributed by atoms with Crippen LogP contribution in [0.2, 0.25) is 0 Å². The summed E-state index contributed by atoms with van der Waals surface area (Å²) >= 11 is 3.28. The van der Waals surface area contributed by atoms with Gasteiger partial charge < -0.3 is 4.90 Å². The van der Waals surface area contributed by atoms with E-state index in [4.69, 9.17) is 0 Å². The zero-order chi connectivity index (χ0) is 15.3. The van der Waals surface area contributed by atoms with E-state index in [0.29, 0.717) is 6.54 Å². The number of rotatable bonds is 6. The number of carbonyl (C=O) groups excluding carboxylic acids is 1. The van der Waals surface area contributed by atoms with Crippen LogP contribution in [0, 0.1) is 15.9 Å². The van der Waals surface area contributed by atoms with Gasteiger partial charge in [0.25, 0.3) is 11.6 Å². The van der Waals surface area contributed by atoms with E-state index in [0.717, 1.165) is 23.9 Å². The molecule has 0 N–H and O–H groups in total. The molecule has 0 saturated carbocycles. The Morgan fingerprint density at radius 2 is 2.15 bits per heavy atom. The highest BCUT2D eigenvalue weighted by atomic mass is 79.9. The van der Waals surface area contributed by atoms with Gasteiger partial charge in [-0.1, -0.05) is 15.9 Å². The summed E-state index contributed by atoms with van der Waals surface area (Å²) in [5.41, 5.74) is -0.584. The molecule has 1 amide bonds. The van der Waals surface area contributed by atoms with Gasteiger partial charge in [0.05, 0.1) is 11.0 Å². The first-order chi connectivity index (χ1) is 9.38. The van der Waals surface area contributed by atoms with Crippen molar-refractivity contribution in [2.75, 3.05) is 11.9 Å². The molecule has 0 aliphatic carbocycles. The van der Waals surface area contributed by atoms with Gasteiger partial charge in [-0.2, -0.15) is 0 Å². The lowest BCUT2D eigenvalue weighted by molar-refractivity contribution is -0.385. The molecule has 0 bridgehead atoms. The van der Waals surface area contributed by atoms with Crippen LogP contribution in [0.5, 0.6) is 0 Å². The Hall–Kier alpha value is -1.50. The van der Waals surface area contributed by atoms with Crippen LogP contribution in [0.15, 0.2) is 18.2 Å². The first-order valence-corrected chi connectivity index (χ1v) is 7.31. The third-order valence-electron chi connectivity index (χ3n) is 2.80. The molecule has 0 saturated heterocycles. The molecule has 0 spiro atoms. The summed E-state index contributed by atoms with van der Waals surface area (Å²) in [4.78, 5) is 24.2. The van der Waals surface area contributed by atoms with Gasteiger partial charge in [0.15, 0.2) is 0 Å². The highest BCUT2D eigenvalue weighted by Gasteiger charge is 2.26. The summed E-state index contributed by atoms with van der Waals surface area (Å²) < 4.78 is 13.1. The first kappa shape index (κ1) is 16.6. The number of amides is 1. The minimum atomic E-state index is -0.737. The number of halogens is 2. The van der Waals surface area contributed by atoms with E-state index in [1.165, 1.54) is 6.07 Å². The van der Waals surface area contributed by atoms with E-state index in [-0.39, 0.29) is 11.6 Å². The van der Waals surface area contributed by atoms with Crippen molar-refractivity contribution in [3.63, 3.8) is 0 Å². The molecule has 7 heteroatoms. The van der Waals surface area contributed by atoms with Crippen LogP contribution in [0.3, 0.4) is 0 Å². The van der Waals surface area contributed by atoms with Crippen molar-refractivity contribution in [3.05, 3.63) is 39.7 Å². The number of nitro benzene ring substituents is 1.